The number of benzene rings is 2. The number of nitrogens with one attached hydrogen (secondary N) is 1. The molecule has 8 nitrogen and oxygen atoms in total. The van der Waals surface area contributed by atoms with Crippen LogP contribution in [0.25, 0.3) is 10.2 Å². The van der Waals surface area contributed by atoms with E-state index in [1.807, 2.05) is 24.3 Å². The van der Waals surface area contributed by atoms with Crippen LogP contribution in [0.2, 0.25) is 0 Å². The van der Waals surface area contributed by atoms with E-state index in [2.05, 4.69) is 21.9 Å². The molecule has 0 saturated carbocycles. The summed E-state index contributed by atoms with van der Waals surface area (Å²) in [5.41, 5.74) is 1.41. The molecular formula is C23H20N4O4S2. The number of carbonyl (C=O) groups excluding carboxylic acids is 3. The van der Waals surface area contributed by atoms with E-state index < -0.39 is 17.1 Å². The van der Waals surface area contributed by atoms with Gasteiger partial charge in [-0.1, -0.05) is 53.4 Å². The second kappa shape index (κ2) is 9.97. The molecule has 3 aromatic rings. The Balaban J connectivity index is 1.52. The fourth-order valence-corrected chi connectivity index (χ4v) is 5.31. The van der Waals surface area contributed by atoms with Gasteiger partial charge in [0.25, 0.3) is 0 Å². The lowest BCUT2D eigenvalue weighted by atomic mass is 10.1. The van der Waals surface area contributed by atoms with Gasteiger partial charge in [0.05, 0.1) is 28.6 Å². The van der Waals surface area contributed by atoms with Crippen molar-refractivity contribution in [1.29, 1.82) is 0 Å². The molecule has 1 aliphatic rings. The molecule has 0 spiro atoms. The van der Waals surface area contributed by atoms with Crippen LogP contribution in [0.1, 0.15) is 16.8 Å². The van der Waals surface area contributed by atoms with Crippen molar-refractivity contribution in [3.63, 3.8) is 0 Å². The van der Waals surface area contributed by atoms with Gasteiger partial charge in [0.15, 0.2) is 5.17 Å². The van der Waals surface area contributed by atoms with Gasteiger partial charge >= 0.3 is 5.97 Å². The summed E-state index contributed by atoms with van der Waals surface area (Å²) >= 11 is 2.65. The van der Waals surface area contributed by atoms with E-state index in [4.69, 9.17) is 4.74 Å². The summed E-state index contributed by atoms with van der Waals surface area (Å²) in [6, 6.07) is 14.3. The number of hydrogen-bond donors (Lipinski definition) is 1. The lowest BCUT2D eigenvalue weighted by Gasteiger charge is -2.13. The van der Waals surface area contributed by atoms with Crippen molar-refractivity contribution in [3.05, 3.63) is 66.7 Å². The third kappa shape index (κ3) is 4.96. The number of nitrogens with zero attached hydrogens (tertiary/aromatic N) is 3. The van der Waals surface area contributed by atoms with Gasteiger partial charge in [-0.05, 0) is 24.3 Å². The number of ether oxygens (including phenoxy) is 1. The van der Waals surface area contributed by atoms with Crippen LogP contribution in [-0.2, 0) is 14.3 Å². The number of aliphatic imine (C=N–C) groups is 1. The lowest BCUT2D eigenvalue weighted by molar-refractivity contribution is -0.127. The second-order valence-electron chi connectivity index (χ2n) is 6.99. The highest BCUT2D eigenvalue weighted by atomic mass is 32.2. The molecule has 1 atom stereocenters. The molecule has 2 amide bonds. The summed E-state index contributed by atoms with van der Waals surface area (Å²) in [5.74, 6) is -1.17. The number of carbonyl (C=O) groups is 3. The molecule has 1 saturated heterocycles. The van der Waals surface area contributed by atoms with Crippen LogP contribution < -0.4 is 5.32 Å². The zero-order valence-corrected chi connectivity index (χ0v) is 19.3. The fourth-order valence-electron chi connectivity index (χ4n) is 3.26. The van der Waals surface area contributed by atoms with E-state index in [1.54, 1.807) is 30.3 Å². The maximum absolute atomic E-state index is 13.0. The van der Waals surface area contributed by atoms with Gasteiger partial charge in [0.1, 0.15) is 5.25 Å². The minimum atomic E-state index is -0.650. The Labute approximate surface area is 198 Å². The molecule has 10 heteroatoms. The molecule has 1 fully saturated rings. The van der Waals surface area contributed by atoms with Crippen molar-refractivity contribution < 1.29 is 19.1 Å². The molecule has 0 bridgehead atoms. The van der Waals surface area contributed by atoms with Gasteiger partial charge in [-0.15, -0.1) is 6.58 Å². The average Bonchev–Trinajstić information content (AvgIpc) is 3.35. The predicted molar refractivity (Wildman–Crippen MR) is 131 cm³/mol. The third-order valence-corrected chi connectivity index (χ3v) is 6.89. The Morgan fingerprint density at radius 2 is 2.00 bits per heavy atom. The Bertz CT molecular complexity index is 1240. The third-order valence-electron chi connectivity index (χ3n) is 4.78. The maximum atomic E-state index is 13.0. The molecule has 33 heavy (non-hydrogen) atoms. The van der Waals surface area contributed by atoms with Crippen molar-refractivity contribution in [2.75, 3.05) is 19.0 Å². The standard InChI is InChI=1S/C23H20N4O4S2/c1-3-12-27-20(29)18(13-19(28)24-15-9-5-4-8-14(15)21(30)31-2)33-23(27)26-22-25-16-10-6-7-11-17(16)32-22/h3-11,18H,1,12-13H2,2H3,(H,24,28). The molecule has 1 aliphatic heterocycles. The van der Waals surface area contributed by atoms with Gasteiger partial charge in [0, 0.05) is 13.0 Å². The van der Waals surface area contributed by atoms with Crippen LogP contribution in [-0.4, -0.2) is 51.7 Å². The van der Waals surface area contributed by atoms with E-state index in [-0.39, 0.29) is 24.4 Å². The predicted octanol–water partition coefficient (Wildman–Crippen LogP) is 4.23. The quantitative estimate of drug-likeness (QED) is 0.401. The summed E-state index contributed by atoms with van der Waals surface area (Å²) in [6.45, 7) is 3.99. The monoisotopic (exact) mass is 480 g/mol. The molecule has 2 heterocycles. The number of anilines is 1. The summed E-state index contributed by atoms with van der Waals surface area (Å²) in [7, 11) is 1.27. The number of amides is 2. The maximum Gasteiger partial charge on any atom is 0.339 e. The number of fused-ring (bicyclic) bond motifs is 1. The zero-order valence-electron chi connectivity index (χ0n) is 17.7. The fraction of sp³-hybridized carbons (Fsp3) is 0.174. The molecule has 0 radical (unpaired) electrons. The Hall–Kier alpha value is -3.50. The molecule has 4 rings (SSSR count). The largest absolute Gasteiger partial charge is 0.465 e. The first kappa shape index (κ1) is 22.7. The SMILES string of the molecule is C=CCN1C(=O)C(CC(=O)Nc2ccccc2C(=O)OC)SC1=Nc1nc2ccccc2s1. The van der Waals surface area contributed by atoms with Crippen molar-refractivity contribution in [3.8, 4) is 0 Å². The van der Waals surface area contributed by atoms with E-state index in [0.29, 0.717) is 16.0 Å². The summed E-state index contributed by atoms with van der Waals surface area (Å²) in [6.07, 6.45) is 1.53. The van der Waals surface area contributed by atoms with Crippen LogP contribution in [0.5, 0.6) is 0 Å². The molecule has 2 aromatic carbocycles. The number of amidine groups is 1. The highest BCUT2D eigenvalue weighted by Crippen LogP contribution is 2.34. The number of aromatic nitrogens is 1. The Kier molecular flexibility index (Phi) is 6.85. The molecule has 0 aliphatic carbocycles. The van der Waals surface area contributed by atoms with Crippen LogP contribution >= 0.6 is 23.1 Å². The van der Waals surface area contributed by atoms with E-state index in [0.717, 1.165) is 10.2 Å². The van der Waals surface area contributed by atoms with Crippen LogP contribution in [0.4, 0.5) is 10.8 Å². The van der Waals surface area contributed by atoms with Crippen molar-refractivity contribution >= 4 is 67.1 Å². The number of esters is 1. The number of rotatable bonds is 7. The number of methoxy groups -OCH3 is 1. The topological polar surface area (TPSA) is 101 Å². The summed E-state index contributed by atoms with van der Waals surface area (Å²) < 4.78 is 5.76. The molecule has 168 valence electrons. The number of thiazole rings is 1. The first-order chi connectivity index (χ1) is 16.0. The van der Waals surface area contributed by atoms with Gasteiger partial charge < -0.3 is 10.1 Å². The van der Waals surface area contributed by atoms with Crippen molar-refractivity contribution in [1.82, 2.24) is 9.88 Å². The highest BCUT2D eigenvalue weighted by molar-refractivity contribution is 8.15. The van der Waals surface area contributed by atoms with E-state index in [1.165, 1.54) is 35.1 Å². The van der Waals surface area contributed by atoms with Gasteiger partial charge in [-0.3, -0.25) is 14.5 Å². The van der Waals surface area contributed by atoms with Crippen LogP contribution in [0.15, 0.2) is 66.2 Å². The average molecular weight is 481 g/mol. The number of hydrogen-bond acceptors (Lipinski definition) is 8. The molecule has 1 unspecified atom stereocenters. The minimum absolute atomic E-state index is 0.0779. The van der Waals surface area contributed by atoms with Crippen LogP contribution in [0.3, 0.4) is 0 Å². The second-order valence-corrected chi connectivity index (χ2v) is 9.17. The highest BCUT2D eigenvalue weighted by Gasteiger charge is 2.39. The smallest absolute Gasteiger partial charge is 0.339 e. The Morgan fingerprint density at radius 3 is 2.76 bits per heavy atom. The molecule has 1 aromatic heterocycles. The summed E-state index contributed by atoms with van der Waals surface area (Å²) in [4.78, 5) is 48.2. The van der Waals surface area contributed by atoms with E-state index >= 15 is 0 Å². The van der Waals surface area contributed by atoms with Crippen molar-refractivity contribution in [2.24, 2.45) is 4.99 Å². The first-order valence-corrected chi connectivity index (χ1v) is 11.7. The number of thioether (sulfide) groups is 1. The first-order valence-electron chi connectivity index (χ1n) is 10.0. The van der Waals surface area contributed by atoms with Gasteiger partial charge in [-0.25, -0.2) is 9.78 Å². The number of para-hydroxylation sites is 2. The molecule has 1 N–H and O–H groups in total. The lowest BCUT2D eigenvalue weighted by Crippen LogP contribution is -2.33. The van der Waals surface area contributed by atoms with E-state index in [9.17, 15) is 14.4 Å². The van der Waals surface area contributed by atoms with Crippen LogP contribution in [0, 0.1) is 0 Å². The summed E-state index contributed by atoms with van der Waals surface area (Å²) in [5, 5.41) is 3.08. The van der Waals surface area contributed by atoms with Crippen molar-refractivity contribution in [2.45, 2.75) is 11.7 Å². The normalized spacial score (nSPS) is 16.9. The van der Waals surface area contributed by atoms with Gasteiger partial charge in [0.2, 0.25) is 16.9 Å². The zero-order chi connectivity index (χ0) is 23.4. The minimum Gasteiger partial charge on any atom is -0.465 e. The Morgan fingerprint density at radius 1 is 1.24 bits per heavy atom. The molecular weight excluding hydrogens is 460 g/mol. The van der Waals surface area contributed by atoms with Gasteiger partial charge in [-0.2, -0.15) is 4.99 Å².